The molecule has 1 aromatic rings. The molecule has 0 bridgehead atoms. The van der Waals surface area contributed by atoms with Gasteiger partial charge in [0.1, 0.15) is 0 Å². The summed E-state index contributed by atoms with van der Waals surface area (Å²) in [5.41, 5.74) is 0.708. The number of hydrogen-bond acceptors (Lipinski definition) is 3. The second kappa shape index (κ2) is 4.16. The molecule has 1 fully saturated rings. The second-order valence-corrected chi connectivity index (χ2v) is 5.64. The van der Waals surface area contributed by atoms with Crippen molar-refractivity contribution >= 4 is 21.9 Å². The van der Waals surface area contributed by atoms with Crippen LogP contribution in [0.25, 0.3) is 0 Å². The molecule has 1 saturated carbocycles. The number of aliphatic carboxylic acids is 1. The van der Waals surface area contributed by atoms with Crippen LogP contribution in [0.4, 0.5) is 0 Å². The molecule has 96 valence electrons. The number of carboxylic acids is 1. The molecular formula is C13H13BrO4. The lowest BCUT2D eigenvalue weighted by atomic mass is 10.1. The predicted octanol–water partition coefficient (Wildman–Crippen LogP) is 3.12. The van der Waals surface area contributed by atoms with E-state index in [-0.39, 0.29) is 6.42 Å². The van der Waals surface area contributed by atoms with Crippen molar-refractivity contribution in [2.75, 3.05) is 0 Å². The molecule has 0 saturated heterocycles. The number of hydrogen-bond donors (Lipinski definition) is 1. The smallest absolute Gasteiger partial charge is 0.307 e. The van der Waals surface area contributed by atoms with Crippen LogP contribution in [0, 0.1) is 0 Å². The fraction of sp³-hybridized carbons (Fsp3) is 0.462. The van der Waals surface area contributed by atoms with Crippen LogP contribution in [0.3, 0.4) is 0 Å². The first-order valence-electron chi connectivity index (χ1n) is 6.00. The SMILES string of the molecule is O=C(O)Cc1cc2c(cc1Br)OC1(CCCC1)O2. The molecule has 0 unspecified atom stereocenters. The average Bonchev–Trinajstić information content (AvgIpc) is 2.86. The molecule has 3 rings (SSSR count). The van der Waals surface area contributed by atoms with Gasteiger partial charge in [0, 0.05) is 17.3 Å². The highest BCUT2D eigenvalue weighted by Crippen LogP contribution is 2.48. The zero-order valence-corrected chi connectivity index (χ0v) is 11.3. The average molecular weight is 313 g/mol. The lowest BCUT2D eigenvalue weighted by Crippen LogP contribution is -2.34. The van der Waals surface area contributed by atoms with Gasteiger partial charge in [0.05, 0.1) is 6.42 Å². The van der Waals surface area contributed by atoms with Gasteiger partial charge in [-0.2, -0.15) is 0 Å². The van der Waals surface area contributed by atoms with Crippen molar-refractivity contribution in [3.8, 4) is 11.5 Å². The standard InChI is InChI=1S/C13H13BrO4/c14-9-7-11-10(5-8(9)6-12(15)16)17-13(18-11)3-1-2-4-13/h5,7H,1-4,6H2,(H,15,16). The molecule has 1 aliphatic heterocycles. The Morgan fingerprint density at radius 1 is 1.28 bits per heavy atom. The Kier molecular flexibility index (Phi) is 2.73. The number of fused-ring (bicyclic) bond motifs is 1. The Hall–Kier alpha value is -1.23. The van der Waals surface area contributed by atoms with Crippen LogP contribution in [0.15, 0.2) is 16.6 Å². The van der Waals surface area contributed by atoms with Crippen LogP contribution in [0.2, 0.25) is 0 Å². The second-order valence-electron chi connectivity index (χ2n) is 4.78. The van der Waals surface area contributed by atoms with E-state index in [2.05, 4.69) is 15.9 Å². The summed E-state index contributed by atoms with van der Waals surface area (Å²) >= 11 is 3.38. The highest BCUT2D eigenvalue weighted by atomic mass is 79.9. The lowest BCUT2D eigenvalue weighted by Gasteiger charge is -2.21. The number of ether oxygens (including phenoxy) is 2. The molecule has 1 N–H and O–H groups in total. The maximum absolute atomic E-state index is 10.8. The fourth-order valence-electron chi connectivity index (χ4n) is 2.57. The van der Waals surface area contributed by atoms with Crippen molar-refractivity contribution in [1.82, 2.24) is 0 Å². The van der Waals surface area contributed by atoms with Crippen LogP contribution in [-0.2, 0) is 11.2 Å². The van der Waals surface area contributed by atoms with E-state index in [0.717, 1.165) is 30.2 Å². The van der Waals surface area contributed by atoms with Gasteiger partial charge in [0.25, 0.3) is 5.79 Å². The largest absolute Gasteiger partial charge is 0.481 e. The zero-order valence-electron chi connectivity index (χ0n) is 9.74. The molecule has 1 aliphatic carbocycles. The number of benzene rings is 1. The van der Waals surface area contributed by atoms with E-state index in [1.165, 1.54) is 0 Å². The maximum atomic E-state index is 10.8. The first-order chi connectivity index (χ1) is 8.58. The van der Waals surface area contributed by atoms with Crippen molar-refractivity contribution in [3.63, 3.8) is 0 Å². The molecule has 5 heteroatoms. The van der Waals surface area contributed by atoms with Crippen LogP contribution in [-0.4, -0.2) is 16.9 Å². The molecule has 0 radical (unpaired) electrons. The van der Waals surface area contributed by atoms with Crippen LogP contribution in [0.5, 0.6) is 11.5 Å². The molecule has 4 nitrogen and oxygen atoms in total. The summed E-state index contributed by atoms with van der Waals surface area (Å²) in [7, 11) is 0. The topological polar surface area (TPSA) is 55.8 Å². The molecule has 1 heterocycles. The van der Waals surface area contributed by atoms with Gasteiger partial charge in [0.2, 0.25) is 0 Å². The fourth-order valence-corrected chi connectivity index (χ4v) is 3.04. The first kappa shape index (κ1) is 11.8. The van der Waals surface area contributed by atoms with Crippen molar-refractivity contribution in [1.29, 1.82) is 0 Å². The monoisotopic (exact) mass is 312 g/mol. The van der Waals surface area contributed by atoms with E-state index in [9.17, 15) is 4.79 Å². The van der Waals surface area contributed by atoms with Gasteiger partial charge in [-0.05, 0) is 30.5 Å². The Balaban J connectivity index is 1.92. The van der Waals surface area contributed by atoms with E-state index in [0.29, 0.717) is 17.1 Å². The Morgan fingerprint density at radius 3 is 2.50 bits per heavy atom. The predicted molar refractivity (Wildman–Crippen MR) is 67.9 cm³/mol. The summed E-state index contributed by atoms with van der Waals surface area (Å²) < 4.78 is 12.5. The molecular weight excluding hydrogens is 300 g/mol. The van der Waals surface area contributed by atoms with Crippen molar-refractivity contribution in [3.05, 3.63) is 22.2 Å². The minimum Gasteiger partial charge on any atom is -0.481 e. The third kappa shape index (κ3) is 1.96. The number of rotatable bonds is 2. The molecule has 18 heavy (non-hydrogen) atoms. The maximum Gasteiger partial charge on any atom is 0.307 e. The summed E-state index contributed by atoms with van der Waals surface area (Å²) in [5, 5.41) is 8.85. The first-order valence-corrected chi connectivity index (χ1v) is 6.80. The molecule has 0 aromatic heterocycles. The van der Waals surface area contributed by atoms with Gasteiger partial charge in [-0.25, -0.2) is 0 Å². The van der Waals surface area contributed by atoms with Crippen molar-refractivity contribution in [2.24, 2.45) is 0 Å². The summed E-state index contributed by atoms with van der Waals surface area (Å²) in [5.74, 6) is 0.0169. The molecule has 1 spiro atoms. The van der Waals surface area contributed by atoms with Crippen LogP contribution < -0.4 is 9.47 Å². The van der Waals surface area contributed by atoms with Gasteiger partial charge in [-0.1, -0.05) is 15.9 Å². The van der Waals surface area contributed by atoms with Gasteiger partial charge in [0.15, 0.2) is 11.5 Å². The summed E-state index contributed by atoms with van der Waals surface area (Å²) in [6.45, 7) is 0. The number of halogens is 1. The lowest BCUT2D eigenvalue weighted by molar-refractivity contribution is -0.136. The Labute approximate surface area is 113 Å². The summed E-state index contributed by atoms with van der Waals surface area (Å²) in [4.78, 5) is 10.8. The molecule has 2 aliphatic rings. The van der Waals surface area contributed by atoms with Gasteiger partial charge >= 0.3 is 5.97 Å². The normalized spacial score (nSPS) is 19.4. The third-order valence-electron chi connectivity index (χ3n) is 3.41. The van der Waals surface area contributed by atoms with Crippen molar-refractivity contribution in [2.45, 2.75) is 37.9 Å². The number of carboxylic acid groups (broad SMARTS) is 1. The molecule has 0 atom stereocenters. The minimum absolute atomic E-state index is 0.0236. The van der Waals surface area contributed by atoms with Gasteiger partial charge < -0.3 is 14.6 Å². The summed E-state index contributed by atoms with van der Waals surface area (Å²) in [6.07, 6.45) is 3.99. The number of carbonyl (C=O) groups is 1. The minimum atomic E-state index is -0.856. The molecule has 0 amide bonds. The Bertz CT molecular complexity index is 506. The third-order valence-corrected chi connectivity index (χ3v) is 4.15. The van der Waals surface area contributed by atoms with E-state index in [1.807, 2.05) is 0 Å². The zero-order chi connectivity index (χ0) is 12.8. The van der Waals surface area contributed by atoms with E-state index in [1.54, 1.807) is 12.1 Å². The van der Waals surface area contributed by atoms with E-state index >= 15 is 0 Å². The van der Waals surface area contributed by atoms with E-state index < -0.39 is 11.8 Å². The highest BCUT2D eigenvalue weighted by molar-refractivity contribution is 9.10. The van der Waals surface area contributed by atoms with Gasteiger partial charge in [-0.3, -0.25) is 4.79 Å². The summed E-state index contributed by atoms with van der Waals surface area (Å²) in [6, 6.07) is 3.57. The highest BCUT2D eigenvalue weighted by Gasteiger charge is 2.44. The quantitative estimate of drug-likeness (QED) is 0.911. The van der Waals surface area contributed by atoms with Gasteiger partial charge in [-0.15, -0.1) is 0 Å². The van der Waals surface area contributed by atoms with E-state index in [4.69, 9.17) is 14.6 Å². The molecule has 1 aromatic carbocycles. The van der Waals surface area contributed by atoms with Crippen molar-refractivity contribution < 1.29 is 19.4 Å². The van der Waals surface area contributed by atoms with Crippen LogP contribution >= 0.6 is 15.9 Å². The van der Waals surface area contributed by atoms with Crippen LogP contribution in [0.1, 0.15) is 31.2 Å². The Morgan fingerprint density at radius 2 is 1.89 bits per heavy atom.